The van der Waals surface area contributed by atoms with Crippen LogP contribution in [-0.4, -0.2) is 9.97 Å². The minimum Gasteiger partial charge on any atom is -0.236 e. The molecule has 2 rings (SSSR count). The molecule has 0 aliphatic carbocycles. The van der Waals surface area contributed by atoms with Crippen molar-refractivity contribution >= 4 is 11.6 Å². The number of aromatic nitrogens is 2. The summed E-state index contributed by atoms with van der Waals surface area (Å²) in [4.78, 5) is 8.49. The summed E-state index contributed by atoms with van der Waals surface area (Å²) in [5.41, 5.74) is 4.45. The van der Waals surface area contributed by atoms with Gasteiger partial charge in [0, 0.05) is 11.1 Å². The number of rotatable bonds is 4. The third-order valence-corrected chi connectivity index (χ3v) is 3.33. The van der Waals surface area contributed by atoms with Crippen LogP contribution in [0.4, 0.5) is 0 Å². The second-order valence-corrected chi connectivity index (χ2v) is 4.65. The van der Waals surface area contributed by atoms with Crippen LogP contribution in [0.25, 0.3) is 11.3 Å². The summed E-state index contributed by atoms with van der Waals surface area (Å²) in [6.07, 6.45) is 4.50. The van der Waals surface area contributed by atoms with Crippen LogP contribution in [-0.2, 0) is 12.8 Å². The third kappa shape index (κ3) is 2.70. The maximum absolute atomic E-state index is 6.18. The molecule has 0 saturated heterocycles. The molecule has 0 spiro atoms. The van der Waals surface area contributed by atoms with E-state index in [0.717, 1.165) is 36.1 Å². The average molecular weight is 261 g/mol. The molecule has 2 nitrogen and oxygen atoms in total. The first kappa shape index (κ1) is 13.0. The van der Waals surface area contributed by atoms with Gasteiger partial charge in [-0.2, -0.15) is 0 Å². The van der Waals surface area contributed by atoms with Gasteiger partial charge in [0.25, 0.3) is 0 Å². The average Bonchev–Trinajstić information content (AvgIpc) is 2.41. The van der Waals surface area contributed by atoms with E-state index in [1.807, 2.05) is 0 Å². The largest absolute Gasteiger partial charge is 0.236 e. The zero-order valence-corrected chi connectivity index (χ0v) is 11.5. The van der Waals surface area contributed by atoms with Gasteiger partial charge < -0.3 is 0 Å². The smallest absolute Gasteiger partial charge is 0.136 e. The molecule has 0 saturated carbocycles. The van der Waals surface area contributed by atoms with Crippen molar-refractivity contribution in [2.45, 2.75) is 33.1 Å². The molecule has 0 unspecified atom stereocenters. The van der Waals surface area contributed by atoms with Gasteiger partial charge in [0.1, 0.15) is 11.5 Å². The Morgan fingerprint density at radius 2 is 2.00 bits per heavy atom. The van der Waals surface area contributed by atoms with E-state index in [1.165, 1.54) is 11.9 Å². The summed E-state index contributed by atoms with van der Waals surface area (Å²) in [7, 11) is 0. The quantitative estimate of drug-likeness (QED) is 0.766. The molecule has 0 N–H and O–H groups in total. The fraction of sp³-hybridized carbons (Fsp3) is 0.333. The van der Waals surface area contributed by atoms with E-state index in [-0.39, 0.29) is 0 Å². The van der Waals surface area contributed by atoms with E-state index in [4.69, 9.17) is 11.6 Å². The topological polar surface area (TPSA) is 25.8 Å². The first-order valence-electron chi connectivity index (χ1n) is 6.35. The fourth-order valence-corrected chi connectivity index (χ4v) is 2.28. The Morgan fingerprint density at radius 1 is 1.17 bits per heavy atom. The van der Waals surface area contributed by atoms with E-state index >= 15 is 0 Å². The Labute approximate surface area is 113 Å². The minimum absolute atomic E-state index is 0.573. The molecular formula is C15H17ClN2. The number of hydrogen-bond acceptors (Lipinski definition) is 2. The van der Waals surface area contributed by atoms with Crippen molar-refractivity contribution in [1.82, 2.24) is 9.97 Å². The van der Waals surface area contributed by atoms with E-state index in [9.17, 15) is 0 Å². The van der Waals surface area contributed by atoms with Crippen molar-refractivity contribution in [1.29, 1.82) is 0 Å². The monoisotopic (exact) mass is 260 g/mol. The minimum atomic E-state index is 0.573. The molecule has 0 atom stereocenters. The Hall–Kier alpha value is -1.41. The highest BCUT2D eigenvalue weighted by Gasteiger charge is 2.11. The van der Waals surface area contributed by atoms with Gasteiger partial charge in [-0.05, 0) is 24.5 Å². The van der Waals surface area contributed by atoms with E-state index in [2.05, 4.69) is 48.1 Å². The van der Waals surface area contributed by atoms with Crippen molar-refractivity contribution in [2.75, 3.05) is 0 Å². The highest BCUT2D eigenvalue weighted by Crippen LogP contribution is 2.27. The van der Waals surface area contributed by atoms with Crippen LogP contribution >= 0.6 is 11.6 Å². The van der Waals surface area contributed by atoms with E-state index in [0.29, 0.717) is 5.15 Å². The molecule has 94 valence electrons. The van der Waals surface area contributed by atoms with Crippen molar-refractivity contribution in [2.24, 2.45) is 0 Å². The number of hydrogen-bond donors (Lipinski definition) is 0. The first-order valence-corrected chi connectivity index (χ1v) is 6.72. The Morgan fingerprint density at radius 3 is 2.72 bits per heavy atom. The summed E-state index contributed by atoms with van der Waals surface area (Å²) >= 11 is 6.18. The molecule has 18 heavy (non-hydrogen) atoms. The maximum Gasteiger partial charge on any atom is 0.136 e. The standard InChI is InChI=1S/C15H17ClN2/c1-3-6-13-14(17-10-18-15(13)16)12-8-5-7-11(4-2)9-12/h5,7-10H,3-4,6H2,1-2H3. The van der Waals surface area contributed by atoms with Gasteiger partial charge in [-0.1, -0.05) is 50.1 Å². The van der Waals surface area contributed by atoms with Gasteiger partial charge in [-0.25, -0.2) is 9.97 Å². The Bertz CT molecular complexity index is 538. The highest BCUT2D eigenvalue weighted by atomic mass is 35.5. The van der Waals surface area contributed by atoms with Crippen LogP contribution in [0.15, 0.2) is 30.6 Å². The zero-order valence-electron chi connectivity index (χ0n) is 10.8. The predicted molar refractivity (Wildman–Crippen MR) is 75.9 cm³/mol. The number of aryl methyl sites for hydroxylation is 1. The van der Waals surface area contributed by atoms with Crippen molar-refractivity contribution in [3.63, 3.8) is 0 Å². The van der Waals surface area contributed by atoms with E-state index in [1.54, 1.807) is 0 Å². The molecule has 1 aromatic heterocycles. The van der Waals surface area contributed by atoms with Gasteiger partial charge in [-0.3, -0.25) is 0 Å². The summed E-state index contributed by atoms with van der Waals surface area (Å²) in [6, 6.07) is 8.46. The normalized spacial score (nSPS) is 10.6. The van der Waals surface area contributed by atoms with Crippen LogP contribution in [0.1, 0.15) is 31.4 Å². The molecule has 0 bridgehead atoms. The van der Waals surface area contributed by atoms with Crippen molar-refractivity contribution < 1.29 is 0 Å². The lowest BCUT2D eigenvalue weighted by Crippen LogP contribution is -1.97. The Kier molecular flexibility index (Phi) is 4.32. The lowest BCUT2D eigenvalue weighted by atomic mass is 10.0. The van der Waals surface area contributed by atoms with Gasteiger partial charge >= 0.3 is 0 Å². The van der Waals surface area contributed by atoms with Gasteiger partial charge in [0.05, 0.1) is 5.69 Å². The van der Waals surface area contributed by atoms with Gasteiger partial charge in [0.2, 0.25) is 0 Å². The van der Waals surface area contributed by atoms with Crippen LogP contribution in [0, 0.1) is 0 Å². The number of benzene rings is 1. The molecule has 0 aliphatic heterocycles. The molecule has 0 amide bonds. The van der Waals surface area contributed by atoms with E-state index < -0.39 is 0 Å². The molecule has 0 fully saturated rings. The highest BCUT2D eigenvalue weighted by molar-refractivity contribution is 6.30. The molecule has 3 heteroatoms. The summed E-state index contributed by atoms with van der Waals surface area (Å²) in [6.45, 7) is 4.29. The maximum atomic E-state index is 6.18. The SMILES string of the molecule is CCCc1c(Cl)ncnc1-c1cccc(CC)c1. The number of halogens is 1. The van der Waals surface area contributed by atoms with Crippen LogP contribution in [0.5, 0.6) is 0 Å². The molecule has 0 aliphatic rings. The van der Waals surface area contributed by atoms with Gasteiger partial charge in [0.15, 0.2) is 0 Å². The van der Waals surface area contributed by atoms with Crippen LogP contribution < -0.4 is 0 Å². The first-order chi connectivity index (χ1) is 8.76. The van der Waals surface area contributed by atoms with Crippen LogP contribution in [0.3, 0.4) is 0 Å². The van der Waals surface area contributed by atoms with Crippen molar-refractivity contribution in [3.05, 3.63) is 46.9 Å². The molecule has 0 radical (unpaired) electrons. The van der Waals surface area contributed by atoms with Crippen LogP contribution in [0.2, 0.25) is 5.15 Å². The fourth-order valence-electron chi connectivity index (χ4n) is 2.05. The van der Waals surface area contributed by atoms with Gasteiger partial charge in [-0.15, -0.1) is 0 Å². The predicted octanol–water partition coefficient (Wildman–Crippen LogP) is 4.31. The number of nitrogens with zero attached hydrogens (tertiary/aromatic N) is 2. The molecular weight excluding hydrogens is 244 g/mol. The Balaban J connectivity index is 2.52. The summed E-state index contributed by atoms with van der Waals surface area (Å²) in [5, 5.41) is 0.573. The lowest BCUT2D eigenvalue weighted by molar-refractivity contribution is 0.904. The molecule has 2 aromatic rings. The zero-order chi connectivity index (χ0) is 13.0. The molecule has 1 heterocycles. The summed E-state index contributed by atoms with van der Waals surface area (Å²) in [5.74, 6) is 0. The summed E-state index contributed by atoms with van der Waals surface area (Å²) < 4.78 is 0. The third-order valence-electron chi connectivity index (χ3n) is 3.00. The van der Waals surface area contributed by atoms with Crippen molar-refractivity contribution in [3.8, 4) is 11.3 Å². The second kappa shape index (κ2) is 5.96. The lowest BCUT2D eigenvalue weighted by Gasteiger charge is -2.10. The molecule has 1 aromatic carbocycles. The second-order valence-electron chi connectivity index (χ2n) is 4.30.